The average molecular weight is 256 g/mol. The summed E-state index contributed by atoms with van der Waals surface area (Å²) in [6.45, 7) is 1.96. The molecule has 2 N–H and O–H groups in total. The van der Waals surface area contributed by atoms with Gasteiger partial charge in [-0.3, -0.25) is 9.59 Å². The van der Waals surface area contributed by atoms with Crippen molar-refractivity contribution in [3.63, 3.8) is 0 Å². The molecular formula is C13H24N2O3. The van der Waals surface area contributed by atoms with Crippen molar-refractivity contribution in [3.8, 4) is 0 Å². The van der Waals surface area contributed by atoms with E-state index in [0.717, 1.165) is 12.8 Å². The molecular weight excluding hydrogens is 232 g/mol. The number of carbonyl (C=O) groups excluding carboxylic acids is 1. The minimum Gasteiger partial charge on any atom is -0.481 e. The third kappa shape index (κ3) is 3.45. The number of carbonyl (C=O) groups is 2. The Labute approximate surface area is 109 Å². The lowest BCUT2D eigenvalue weighted by molar-refractivity contribution is -0.146. The van der Waals surface area contributed by atoms with E-state index in [1.54, 1.807) is 0 Å². The highest BCUT2D eigenvalue weighted by atomic mass is 16.4. The molecule has 1 unspecified atom stereocenters. The molecule has 5 nitrogen and oxygen atoms in total. The minimum absolute atomic E-state index is 0.00780. The maximum absolute atomic E-state index is 11.7. The number of carboxylic acids is 1. The fraction of sp³-hybridized carbons (Fsp3) is 0.846. The number of nitrogens with zero attached hydrogens (tertiary/aromatic N) is 1. The van der Waals surface area contributed by atoms with Crippen LogP contribution in [0.3, 0.4) is 0 Å². The summed E-state index contributed by atoms with van der Waals surface area (Å²) in [6, 6.07) is 0. The van der Waals surface area contributed by atoms with Gasteiger partial charge in [0.2, 0.25) is 5.91 Å². The van der Waals surface area contributed by atoms with Crippen molar-refractivity contribution in [2.45, 2.75) is 44.6 Å². The fourth-order valence-electron chi connectivity index (χ4n) is 2.51. The normalized spacial score (nSPS) is 20.4. The van der Waals surface area contributed by atoms with Crippen LogP contribution in [0.2, 0.25) is 0 Å². The predicted molar refractivity (Wildman–Crippen MR) is 69.3 cm³/mol. The van der Waals surface area contributed by atoms with Crippen LogP contribution >= 0.6 is 0 Å². The van der Waals surface area contributed by atoms with Crippen LogP contribution < -0.4 is 5.32 Å². The van der Waals surface area contributed by atoms with Crippen molar-refractivity contribution in [3.05, 3.63) is 0 Å². The van der Waals surface area contributed by atoms with Gasteiger partial charge in [-0.1, -0.05) is 19.3 Å². The van der Waals surface area contributed by atoms with Gasteiger partial charge >= 0.3 is 5.97 Å². The van der Waals surface area contributed by atoms with E-state index >= 15 is 0 Å². The van der Waals surface area contributed by atoms with Crippen molar-refractivity contribution < 1.29 is 14.7 Å². The molecule has 18 heavy (non-hydrogen) atoms. The number of hydrogen-bond donors (Lipinski definition) is 2. The zero-order valence-corrected chi connectivity index (χ0v) is 11.5. The number of rotatable bonds is 5. The Kier molecular flexibility index (Phi) is 5.14. The second kappa shape index (κ2) is 6.18. The molecule has 1 aliphatic carbocycles. The van der Waals surface area contributed by atoms with Gasteiger partial charge in [-0.15, -0.1) is 0 Å². The van der Waals surface area contributed by atoms with Gasteiger partial charge in [0.1, 0.15) is 5.92 Å². The van der Waals surface area contributed by atoms with Gasteiger partial charge < -0.3 is 15.3 Å². The molecule has 1 fully saturated rings. The maximum atomic E-state index is 11.7. The van der Waals surface area contributed by atoms with Crippen molar-refractivity contribution in [2.24, 2.45) is 5.92 Å². The summed E-state index contributed by atoms with van der Waals surface area (Å²) in [5.74, 6) is -2.45. The highest BCUT2D eigenvalue weighted by molar-refractivity contribution is 5.96. The molecule has 0 heterocycles. The molecule has 1 aliphatic rings. The Balaban J connectivity index is 2.58. The van der Waals surface area contributed by atoms with Crippen molar-refractivity contribution in [2.75, 3.05) is 20.6 Å². The minimum atomic E-state index is -1.07. The molecule has 0 radical (unpaired) electrons. The van der Waals surface area contributed by atoms with Crippen LogP contribution in [0.15, 0.2) is 0 Å². The van der Waals surface area contributed by atoms with Crippen LogP contribution in [0.5, 0.6) is 0 Å². The highest BCUT2D eigenvalue weighted by Gasteiger charge is 2.35. The van der Waals surface area contributed by atoms with E-state index in [4.69, 9.17) is 5.11 Å². The van der Waals surface area contributed by atoms with Crippen molar-refractivity contribution in [1.82, 2.24) is 10.2 Å². The molecule has 1 amide bonds. The van der Waals surface area contributed by atoms with E-state index in [-0.39, 0.29) is 5.54 Å². The third-order valence-electron chi connectivity index (χ3n) is 4.09. The maximum Gasteiger partial charge on any atom is 0.315 e. The molecule has 1 atom stereocenters. The Morgan fingerprint density at radius 3 is 2.28 bits per heavy atom. The first kappa shape index (κ1) is 15.0. The first-order valence-electron chi connectivity index (χ1n) is 6.57. The summed E-state index contributed by atoms with van der Waals surface area (Å²) >= 11 is 0. The number of hydrogen-bond acceptors (Lipinski definition) is 3. The van der Waals surface area contributed by atoms with Gasteiger partial charge in [-0.25, -0.2) is 0 Å². The van der Waals surface area contributed by atoms with E-state index in [0.29, 0.717) is 6.54 Å². The Morgan fingerprint density at radius 1 is 1.28 bits per heavy atom. The fourth-order valence-corrected chi connectivity index (χ4v) is 2.51. The molecule has 0 aromatic carbocycles. The van der Waals surface area contributed by atoms with Gasteiger partial charge in [-0.2, -0.15) is 0 Å². The third-order valence-corrected chi connectivity index (χ3v) is 4.09. The summed E-state index contributed by atoms with van der Waals surface area (Å²) < 4.78 is 0. The van der Waals surface area contributed by atoms with Gasteiger partial charge in [0, 0.05) is 12.1 Å². The molecule has 1 rings (SSSR count). The molecule has 5 heteroatoms. The Hall–Kier alpha value is -1.10. The van der Waals surface area contributed by atoms with Gasteiger partial charge in [0.25, 0.3) is 0 Å². The number of aliphatic carboxylic acids is 1. The number of likely N-dealkylation sites (N-methyl/N-ethyl adjacent to an activating group) is 1. The topological polar surface area (TPSA) is 69.6 Å². The monoisotopic (exact) mass is 256 g/mol. The number of nitrogens with one attached hydrogen (secondary N) is 1. The number of amides is 1. The molecule has 1 saturated carbocycles. The molecule has 0 spiro atoms. The lowest BCUT2D eigenvalue weighted by Gasteiger charge is -2.43. The van der Waals surface area contributed by atoms with Crippen LogP contribution in [0.4, 0.5) is 0 Å². The SMILES string of the molecule is CC(C(=O)O)C(=O)NCC1(N(C)C)CCCCC1. The quantitative estimate of drug-likeness (QED) is 0.722. The Morgan fingerprint density at radius 2 is 1.83 bits per heavy atom. The number of carboxylic acid groups (broad SMARTS) is 1. The van der Waals surface area contributed by atoms with Crippen molar-refractivity contribution in [1.29, 1.82) is 0 Å². The molecule has 104 valence electrons. The Bertz CT molecular complexity index is 309. The molecule has 0 aliphatic heterocycles. The van der Waals surface area contributed by atoms with Gasteiger partial charge in [0.15, 0.2) is 0 Å². The second-order valence-corrected chi connectivity index (χ2v) is 5.46. The van der Waals surface area contributed by atoms with Crippen LogP contribution in [-0.2, 0) is 9.59 Å². The summed E-state index contributed by atoms with van der Waals surface area (Å²) in [4.78, 5) is 24.6. The summed E-state index contributed by atoms with van der Waals surface area (Å²) in [7, 11) is 4.05. The second-order valence-electron chi connectivity index (χ2n) is 5.46. The molecule has 0 aromatic heterocycles. The first-order chi connectivity index (χ1) is 8.39. The van der Waals surface area contributed by atoms with Gasteiger partial charge in [-0.05, 0) is 33.9 Å². The summed E-state index contributed by atoms with van der Waals surface area (Å²) in [5, 5.41) is 11.6. The summed E-state index contributed by atoms with van der Waals surface area (Å²) in [5.41, 5.74) is -0.00780. The van der Waals surface area contributed by atoms with Crippen LogP contribution in [0.25, 0.3) is 0 Å². The highest BCUT2D eigenvalue weighted by Crippen LogP contribution is 2.31. The van der Waals surface area contributed by atoms with E-state index in [1.165, 1.54) is 26.2 Å². The standard InChI is InChI=1S/C13H24N2O3/c1-10(12(17)18)11(16)14-9-13(15(2)3)7-5-4-6-8-13/h10H,4-9H2,1-3H3,(H,14,16)(H,17,18). The molecule has 0 aromatic rings. The smallest absolute Gasteiger partial charge is 0.315 e. The van der Waals surface area contributed by atoms with Crippen LogP contribution in [0, 0.1) is 5.92 Å². The van der Waals surface area contributed by atoms with Crippen LogP contribution in [-0.4, -0.2) is 48.1 Å². The predicted octanol–water partition coefficient (Wildman–Crippen LogP) is 1.09. The van der Waals surface area contributed by atoms with E-state index in [1.807, 2.05) is 14.1 Å². The largest absolute Gasteiger partial charge is 0.481 e. The van der Waals surface area contributed by atoms with E-state index < -0.39 is 17.8 Å². The first-order valence-corrected chi connectivity index (χ1v) is 6.57. The lowest BCUT2D eigenvalue weighted by atomic mass is 9.80. The molecule has 0 bridgehead atoms. The van der Waals surface area contributed by atoms with Crippen LogP contribution in [0.1, 0.15) is 39.0 Å². The van der Waals surface area contributed by atoms with E-state index in [2.05, 4.69) is 10.2 Å². The van der Waals surface area contributed by atoms with Crippen molar-refractivity contribution >= 4 is 11.9 Å². The van der Waals surface area contributed by atoms with E-state index in [9.17, 15) is 9.59 Å². The average Bonchev–Trinajstić information content (AvgIpc) is 2.35. The molecule has 0 saturated heterocycles. The summed E-state index contributed by atoms with van der Waals surface area (Å²) in [6.07, 6.45) is 5.70. The lowest BCUT2D eigenvalue weighted by Crippen LogP contribution is -2.54. The zero-order chi connectivity index (χ0) is 13.8. The zero-order valence-electron chi connectivity index (χ0n) is 11.5. The van der Waals surface area contributed by atoms with Gasteiger partial charge in [0.05, 0.1) is 0 Å².